The van der Waals surface area contributed by atoms with Gasteiger partial charge in [-0.3, -0.25) is 14.8 Å². The van der Waals surface area contributed by atoms with Crippen molar-refractivity contribution < 1.29 is 17.6 Å². The maximum absolute atomic E-state index is 12.4. The third-order valence-corrected chi connectivity index (χ3v) is 5.51. The Morgan fingerprint density at radius 1 is 1.38 bits per heavy atom. The summed E-state index contributed by atoms with van der Waals surface area (Å²) in [5, 5.41) is 14.6. The third kappa shape index (κ3) is 4.10. The minimum Gasteiger partial charge on any atom is -0.401 e. The smallest absolute Gasteiger partial charge is 0.322 e. The normalized spacial score (nSPS) is 19.0. The molecule has 0 aliphatic carbocycles. The van der Waals surface area contributed by atoms with Gasteiger partial charge in [-0.15, -0.1) is 5.10 Å². The van der Waals surface area contributed by atoms with E-state index in [1.807, 2.05) is 20.0 Å². The van der Waals surface area contributed by atoms with E-state index in [0.717, 1.165) is 6.26 Å². The molecular weight excluding hydrogens is 360 g/mol. The van der Waals surface area contributed by atoms with Crippen molar-refractivity contribution >= 4 is 21.9 Å². The first-order valence-corrected chi connectivity index (χ1v) is 10.2. The molecule has 2 aromatic rings. The largest absolute Gasteiger partial charge is 0.401 e. The number of aromatic nitrogens is 4. The highest BCUT2D eigenvalue weighted by atomic mass is 32.2. The average molecular weight is 382 g/mol. The van der Waals surface area contributed by atoms with Gasteiger partial charge in [0.1, 0.15) is 5.69 Å². The molecule has 0 spiro atoms. The maximum Gasteiger partial charge on any atom is 0.322 e. The van der Waals surface area contributed by atoms with Crippen molar-refractivity contribution in [2.75, 3.05) is 24.7 Å². The van der Waals surface area contributed by atoms with Gasteiger partial charge in [0.05, 0.1) is 12.2 Å². The van der Waals surface area contributed by atoms with E-state index in [0.29, 0.717) is 25.1 Å². The first-order valence-electron chi connectivity index (χ1n) is 8.39. The molecule has 11 heteroatoms. The van der Waals surface area contributed by atoms with Crippen LogP contribution >= 0.6 is 0 Å². The molecule has 0 radical (unpaired) electrons. The van der Waals surface area contributed by atoms with Gasteiger partial charge < -0.3 is 4.42 Å². The van der Waals surface area contributed by atoms with Crippen LogP contribution < -0.4 is 5.32 Å². The van der Waals surface area contributed by atoms with Crippen molar-refractivity contribution in [3.63, 3.8) is 0 Å². The lowest BCUT2D eigenvalue weighted by Gasteiger charge is -2.29. The molecule has 0 bridgehead atoms. The van der Waals surface area contributed by atoms with Gasteiger partial charge in [0.15, 0.2) is 0 Å². The highest BCUT2D eigenvalue weighted by Gasteiger charge is 2.31. The van der Waals surface area contributed by atoms with Gasteiger partial charge in [0, 0.05) is 25.3 Å². The Labute approximate surface area is 151 Å². The van der Waals surface area contributed by atoms with Crippen LogP contribution in [0, 0.1) is 5.92 Å². The molecule has 3 heterocycles. The lowest BCUT2D eigenvalue weighted by molar-refractivity contribution is -0.121. The zero-order valence-electron chi connectivity index (χ0n) is 14.9. The molecular formula is C15H22N6O4S. The highest BCUT2D eigenvalue weighted by Crippen LogP contribution is 2.22. The molecule has 1 aliphatic heterocycles. The number of amides is 1. The van der Waals surface area contributed by atoms with E-state index in [9.17, 15) is 13.2 Å². The summed E-state index contributed by atoms with van der Waals surface area (Å²) in [4.78, 5) is 12.4. The molecule has 3 rings (SSSR count). The van der Waals surface area contributed by atoms with E-state index in [-0.39, 0.29) is 30.4 Å². The van der Waals surface area contributed by atoms with E-state index >= 15 is 0 Å². The first-order chi connectivity index (χ1) is 12.2. The molecule has 1 atom stereocenters. The van der Waals surface area contributed by atoms with Crippen molar-refractivity contribution in [1.82, 2.24) is 24.3 Å². The number of carbonyl (C=O) groups is 1. The quantitative estimate of drug-likeness (QED) is 0.822. The van der Waals surface area contributed by atoms with Crippen molar-refractivity contribution in [3.05, 3.63) is 12.3 Å². The van der Waals surface area contributed by atoms with Crippen LogP contribution in [0.3, 0.4) is 0 Å². The van der Waals surface area contributed by atoms with Crippen molar-refractivity contribution in [2.45, 2.75) is 32.7 Å². The second-order valence-electron chi connectivity index (χ2n) is 6.64. The second kappa shape index (κ2) is 7.16. The lowest BCUT2D eigenvalue weighted by atomic mass is 9.99. The zero-order chi connectivity index (χ0) is 18.9. The Bertz CT molecular complexity index is 888. The van der Waals surface area contributed by atoms with Gasteiger partial charge >= 0.3 is 6.01 Å². The fourth-order valence-corrected chi connectivity index (χ4v) is 3.69. The molecule has 1 saturated heterocycles. The molecule has 0 saturated carbocycles. The lowest BCUT2D eigenvalue weighted by Crippen LogP contribution is -2.43. The van der Waals surface area contributed by atoms with Crippen LogP contribution in [0.1, 0.15) is 32.7 Å². The molecule has 1 N–H and O–H groups in total. The number of hydrogen-bond donors (Lipinski definition) is 1. The average Bonchev–Trinajstić information content (AvgIpc) is 3.23. The standard InChI is InChI=1S/C15H22N6O4S/c1-10(2)21-8-6-12(19-21)14-17-18-15(25-14)16-13(22)11-5-4-7-20(9-11)26(3,23)24/h6,8,10-11H,4-5,7,9H2,1-3H3,(H,16,18,22). The summed E-state index contributed by atoms with van der Waals surface area (Å²) in [6, 6.07) is 1.93. The third-order valence-electron chi connectivity index (χ3n) is 4.24. The molecule has 1 unspecified atom stereocenters. The van der Waals surface area contributed by atoms with Crippen molar-refractivity contribution in [1.29, 1.82) is 0 Å². The van der Waals surface area contributed by atoms with E-state index in [1.165, 1.54) is 4.31 Å². The number of anilines is 1. The summed E-state index contributed by atoms with van der Waals surface area (Å²) in [5.41, 5.74) is 0.521. The van der Waals surface area contributed by atoms with Crippen LogP contribution in [0.25, 0.3) is 11.6 Å². The number of carbonyl (C=O) groups excluding carboxylic acids is 1. The molecule has 1 fully saturated rings. The predicted octanol–water partition coefficient (Wildman–Crippen LogP) is 1.12. The summed E-state index contributed by atoms with van der Waals surface area (Å²) in [7, 11) is -3.31. The predicted molar refractivity (Wildman–Crippen MR) is 93.7 cm³/mol. The van der Waals surface area contributed by atoms with Gasteiger partial charge in [0.2, 0.25) is 15.9 Å². The van der Waals surface area contributed by atoms with Gasteiger partial charge in [-0.05, 0) is 32.8 Å². The molecule has 0 aromatic carbocycles. The molecule has 2 aromatic heterocycles. The fraction of sp³-hybridized carbons (Fsp3) is 0.600. The van der Waals surface area contributed by atoms with Gasteiger partial charge in [0.25, 0.3) is 5.89 Å². The summed E-state index contributed by atoms with van der Waals surface area (Å²) < 4.78 is 31.9. The summed E-state index contributed by atoms with van der Waals surface area (Å²) in [6.45, 7) is 4.59. The van der Waals surface area contributed by atoms with Crippen LogP contribution in [0.15, 0.2) is 16.7 Å². The van der Waals surface area contributed by atoms with Crippen LogP contribution in [0.5, 0.6) is 0 Å². The molecule has 142 valence electrons. The maximum atomic E-state index is 12.4. The fourth-order valence-electron chi connectivity index (χ4n) is 2.78. The molecule has 10 nitrogen and oxygen atoms in total. The minimum atomic E-state index is -3.31. The Morgan fingerprint density at radius 3 is 2.81 bits per heavy atom. The number of piperidine rings is 1. The highest BCUT2D eigenvalue weighted by molar-refractivity contribution is 7.88. The first kappa shape index (κ1) is 18.5. The number of rotatable bonds is 5. The van der Waals surface area contributed by atoms with E-state index in [4.69, 9.17) is 4.42 Å². The van der Waals surface area contributed by atoms with E-state index < -0.39 is 15.9 Å². The van der Waals surface area contributed by atoms with Crippen LogP contribution in [0.4, 0.5) is 6.01 Å². The SMILES string of the molecule is CC(C)n1ccc(-c2nnc(NC(=O)C3CCCN(S(C)(=O)=O)C3)o2)n1. The van der Waals surface area contributed by atoms with E-state index in [1.54, 1.807) is 10.7 Å². The summed E-state index contributed by atoms with van der Waals surface area (Å²) in [6.07, 6.45) is 4.20. The number of nitrogens with one attached hydrogen (secondary N) is 1. The Hall–Kier alpha value is -2.27. The monoisotopic (exact) mass is 382 g/mol. The van der Waals surface area contributed by atoms with Crippen molar-refractivity contribution in [2.24, 2.45) is 5.92 Å². The number of sulfonamides is 1. The van der Waals surface area contributed by atoms with Gasteiger partial charge in [-0.25, -0.2) is 12.7 Å². The van der Waals surface area contributed by atoms with Crippen LogP contribution in [0.2, 0.25) is 0 Å². The molecule has 1 amide bonds. The minimum absolute atomic E-state index is 0.0272. The van der Waals surface area contributed by atoms with Crippen LogP contribution in [-0.2, 0) is 14.8 Å². The molecule has 1 aliphatic rings. The summed E-state index contributed by atoms with van der Waals surface area (Å²) in [5.74, 6) is -0.573. The van der Waals surface area contributed by atoms with Gasteiger partial charge in [-0.2, -0.15) is 5.10 Å². The Morgan fingerprint density at radius 2 is 2.15 bits per heavy atom. The van der Waals surface area contributed by atoms with E-state index in [2.05, 4.69) is 20.6 Å². The van der Waals surface area contributed by atoms with Gasteiger partial charge in [-0.1, -0.05) is 5.10 Å². The van der Waals surface area contributed by atoms with Crippen molar-refractivity contribution in [3.8, 4) is 11.6 Å². The second-order valence-corrected chi connectivity index (χ2v) is 8.62. The number of hydrogen-bond acceptors (Lipinski definition) is 7. The zero-order valence-corrected chi connectivity index (χ0v) is 15.7. The Kier molecular flexibility index (Phi) is 5.10. The van der Waals surface area contributed by atoms with Crippen LogP contribution in [-0.4, -0.2) is 58.0 Å². The number of nitrogens with zero attached hydrogens (tertiary/aromatic N) is 5. The summed E-state index contributed by atoms with van der Waals surface area (Å²) >= 11 is 0. The Balaban J connectivity index is 1.66. The topological polar surface area (TPSA) is 123 Å². The molecule has 26 heavy (non-hydrogen) atoms.